The zero-order valence-electron chi connectivity index (χ0n) is 11.9. The Hall–Kier alpha value is -2.56. The van der Waals surface area contributed by atoms with Gasteiger partial charge < -0.3 is 15.2 Å². The molecule has 2 N–H and O–H groups in total. The van der Waals surface area contributed by atoms with Gasteiger partial charge in [0.1, 0.15) is 12.4 Å². The molecule has 3 heterocycles. The number of rotatable bonds is 0. The number of nitrogens with zero attached hydrogens (tertiary/aromatic N) is 2. The van der Waals surface area contributed by atoms with Crippen LogP contribution in [0, 0.1) is 13.8 Å². The molecule has 5 heteroatoms. The molecule has 1 aromatic heterocycles. The van der Waals surface area contributed by atoms with Crippen molar-refractivity contribution in [3.63, 3.8) is 0 Å². The molecule has 0 bridgehead atoms. The summed E-state index contributed by atoms with van der Waals surface area (Å²) in [6.45, 7) is 4.41. The fourth-order valence-electron chi connectivity index (χ4n) is 2.95. The summed E-state index contributed by atoms with van der Waals surface area (Å²) in [5.41, 5.74) is 9.21. The molecule has 5 nitrogen and oxygen atoms in total. The van der Waals surface area contributed by atoms with Crippen molar-refractivity contribution in [1.29, 1.82) is 0 Å². The first-order valence-electron chi connectivity index (χ1n) is 6.83. The predicted octanol–water partition coefficient (Wildman–Crippen LogP) is 2.39. The fraction of sp³-hybridized carbons (Fsp3) is 0.250. The van der Waals surface area contributed by atoms with E-state index in [-0.39, 0.29) is 6.02 Å². The lowest BCUT2D eigenvalue weighted by molar-refractivity contribution is 0.262. The number of ether oxygens (including phenoxy) is 2. The summed E-state index contributed by atoms with van der Waals surface area (Å²) in [5.74, 6) is 1.32. The van der Waals surface area contributed by atoms with Gasteiger partial charge in [0.15, 0.2) is 5.54 Å². The summed E-state index contributed by atoms with van der Waals surface area (Å²) in [7, 11) is 0. The Morgan fingerprint density at radius 2 is 1.95 bits per heavy atom. The van der Waals surface area contributed by atoms with Crippen LogP contribution >= 0.6 is 0 Å². The van der Waals surface area contributed by atoms with Gasteiger partial charge in [-0.05, 0) is 37.6 Å². The molecule has 1 aromatic carbocycles. The second-order valence-corrected chi connectivity index (χ2v) is 5.57. The average molecular weight is 281 g/mol. The van der Waals surface area contributed by atoms with Gasteiger partial charge in [-0.25, -0.2) is 9.98 Å². The standard InChI is InChI=1S/C16H15N3O2/c1-9-3-4-13-11(5-9)16(8-20-15(17)19-16)12-6-10(2)7-18-14(12)21-13/h3-7H,8H2,1-2H3,(H2,17,19). The highest BCUT2D eigenvalue weighted by Crippen LogP contribution is 2.50. The first kappa shape index (κ1) is 12.2. The summed E-state index contributed by atoms with van der Waals surface area (Å²) in [6.07, 6.45) is 1.79. The first-order chi connectivity index (χ1) is 10.1. The van der Waals surface area contributed by atoms with E-state index in [4.69, 9.17) is 15.2 Å². The molecule has 1 atom stereocenters. The Kier molecular flexibility index (Phi) is 2.31. The van der Waals surface area contributed by atoms with Gasteiger partial charge in [-0.1, -0.05) is 11.6 Å². The average Bonchev–Trinajstić information content (AvgIpc) is 2.84. The molecular formula is C16H15N3O2. The maximum Gasteiger partial charge on any atom is 0.283 e. The molecule has 0 fully saturated rings. The number of nitrogens with two attached hydrogens (primary N) is 1. The second kappa shape index (κ2) is 3.97. The molecule has 2 aliphatic rings. The number of aliphatic imine (C=N–C) groups is 1. The molecule has 106 valence electrons. The topological polar surface area (TPSA) is 69.7 Å². The van der Waals surface area contributed by atoms with Crippen molar-refractivity contribution in [2.24, 2.45) is 10.7 Å². The SMILES string of the molecule is Cc1ccc2c(c1)C1(COC(N)=N1)c1cc(C)cnc1O2. The number of hydrogen-bond acceptors (Lipinski definition) is 5. The zero-order chi connectivity index (χ0) is 14.6. The molecule has 1 spiro atoms. The number of amidine groups is 1. The Balaban J connectivity index is 2.05. The molecule has 0 saturated carbocycles. The normalized spacial score (nSPS) is 22.1. The summed E-state index contributed by atoms with van der Waals surface area (Å²) in [5, 5.41) is 0. The van der Waals surface area contributed by atoms with Crippen molar-refractivity contribution in [3.05, 3.63) is 52.7 Å². The van der Waals surface area contributed by atoms with E-state index in [2.05, 4.69) is 16.0 Å². The number of aryl methyl sites for hydroxylation is 2. The molecule has 2 aliphatic heterocycles. The minimum Gasteiger partial charge on any atom is -0.462 e. The van der Waals surface area contributed by atoms with Crippen molar-refractivity contribution in [2.75, 3.05) is 6.61 Å². The van der Waals surface area contributed by atoms with Crippen LogP contribution in [0.5, 0.6) is 11.6 Å². The number of benzene rings is 1. The highest BCUT2D eigenvalue weighted by atomic mass is 16.5. The summed E-state index contributed by atoms with van der Waals surface area (Å²) in [4.78, 5) is 8.99. The van der Waals surface area contributed by atoms with Gasteiger partial charge in [0, 0.05) is 11.8 Å². The largest absolute Gasteiger partial charge is 0.462 e. The van der Waals surface area contributed by atoms with Crippen LogP contribution in [0.1, 0.15) is 22.3 Å². The molecule has 4 rings (SSSR count). The van der Waals surface area contributed by atoms with Gasteiger partial charge in [-0.3, -0.25) is 0 Å². The molecule has 0 saturated heterocycles. The minimum atomic E-state index is -0.655. The van der Waals surface area contributed by atoms with Crippen LogP contribution in [0.25, 0.3) is 0 Å². The second-order valence-electron chi connectivity index (χ2n) is 5.57. The van der Waals surface area contributed by atoms with E-state index in [1.54, 1.807) is 6.20 Å². The Morgan fingerprint density at radius 3 is 2.71 bits per heavy atom. The van der Waals surface area contributed by atoms with Crippen LogP contribution in [-0.4, -0.2) is 17.6 Å². The summed E-state index contributed by atoms with van der Waals surface area (Å²) >= 11 is 0. The predicted molar refractivity (Wildman–Crippen MR) is 78.6 cm³/mol. The third-order valence-electron chi connectivity index (χ3n) is 3.95. The lowest BCUT2D eigenvalue weighted by Gasteiger charge is -2.32. The van der Waals surface area contributed by atoms with Crippen molar-refractivity contribution < 1.29 is 9.47 Å². The van der Waals surface area contributed by atoms with E-state index >= 15 is 0 Å². The van der Waals surface area contributed by atoms with Gasteiger partial charge in [0.05, 0.1) is 5.56 Å². The fourth-order valence-corrected chi connectivity index (χ4v) is 2.95. The number of pyridine rings is 1. The monoisotopic (exact) mass is 281 g/mol. The number of hydrogen-bond donors (Lipinski definition) is 1. The molecule has 0 aliphatic carbocycles. The molecule has 1 unspecified atom stereocenters. The third-order valence-corrected chi connectivity index (χ3v) is 3.95. The molecule has 0 radical (unpaired) electrons. The van der Waals surface area contributed by atoms with E-state index in [9.17, 15) is 0 Å². The smallest absolute Gasteiger partial charge is 0.283 e. The summed E-state index contributed by atoms with van der Waals surface area (Å²) < 4.78 is 11.4. The number of aromatic nitrogens is 1. The van der Waals surface area contributed by atoms with Crippen molar-refractivity contribution in [2.45, 2.75) is 19.4 Å². The van der Waals surface area contributed by atoms with E-state index in [1.807, 2.05) is 32.0 Å². The van der Waals surface area contributed by atoms with Crippen molar-refractivity contribution in [3.8, 4) is 11.6 Å². The van der Waals surface area contributed by atoms with E-state index < -0.39 is 5.54 Å². The van der Waals surface area contributed by atoms with Crippen LogP contribution < -0.4 is 10.5 Å². The lowest BCUT2D eigenvalue weighted by atomic mass is 9.81. The maximum absolute atomic E-state index is 5.93. The van der Waals surface area contributed by atoms with Crippen LogP contribution in [-0.2, 0) is 10.3 Å². The number of fused-ring (bicyclic) bond motifs is 4. The molecule has 0 amide bonds. The Morgan fingerprint density at radius 1 is 1.14 bits per heavy atom. The Bertz CT molecular complexity index is 732. The Labute approximate surface area is 122 Å². The van der Waals surface area contributed by atoms with Gasteiger partial charge >= 0.3 is 0 Å². The van der Waals surface area contributed by atoms with Crippen molar-refractivity contribution >= 4 is 6.02 Å². The molecule has 2 aromatic rings. The van der Waals surface area contributed by atoms with Crippen LogP contribution in [0.2, 0.25) is 0 Å². The minimum absolute atomic E-state index is 0.205. The van der Waals surface area contributed by atoms with Gasteiger partial charge in [0.2, 0.25) is 5.88 Å². The van der Waals surface area contributed by atoms with E-state index in [0.29, 0.717) is 12.5 Å². The van der Waals surface area contributed by atoms with E-state index in [1.165, 1.54) is 0 Å². The van der Waals surface area contributed by atoms with Crippen LogP contribution in [0.4, 0.5) is 0 Å². The quantitative estimate of drug-likeness (QED) is 0.805. The summed E-state index contributed by atoms with van der Waals surface area (Å²) in [6, 6.07) is 8.28. The highest BCUT2D eigenvalue weighted by Gasteiger charge is 2.47. The highest BCUT2D eigenvalue weighted by molar-refractivity contribution is 5.76. The molecular weight excluding hydrogens is 266 g/mol. The van der Waals surface area contributed by atoms with E-state index in [0.717, 1.165) is 28.0 Å². The van der Waals surface area contributed by atoms with Crippen molar-refractivity contribution in [1.82, 2.24) is 4.98 Å². The van der Waals surface area contributed by atoms with Gasteiger partial charge in [-0.2, -0.15) is 0 Å². The zero-order valence-corrected chi connectivity index (χ0v) is 11.9. The van der Waals surface area contributed by atoms with Crippen LogP contribution in [0.15, 0.2) is 35.5 Å². The van der Waals surface area contributed by atoms with Crippen LogP contribution in [0.3, 0.4) is 0 Å². The third kappa shape index (κ3) is 1.63. The molecule has 21 heavy (non-hydrogen) atoms. The maximum atomic E-state index is 5.93. The lowest BCUT2D eigenvalue weighted by Crippen LogP contribution is -2.31. The van der Waals surface area contributed by atoms with Gasteiger partial charge in [-0.15, -0.1) is 0 Å². The van der Waals surface area contributed by atoms with Gasteiger partial charge in [0.25, 0.3) is 6.02 Å². The first-order valence-corrected chi connectivity index (χ1v) is 6.83.